The van der Waals surface area contributed by atoms with Gasteiger partial charge in [0.1, 0.15) is 30.2 Å². The summed E-state index contributed by atoms with van der Waals surface area (Å²) in [5, 5.41) is 25.9. The molecule has 5 unspecified atom stereocenters. The molecule has 0 aromatic heterocycles. The topological polar surface area (TPSA) is 355 Å². The summed E-state index contributed by atoms with van der Waals surface area (Å²) in [6.07, 6.45) is 3.23. The number of hydrogen-bond donors (Lipinski definition) is 9. The van der Waals surface area contributed by atoms with E-state index in [1.54, 1.807) is 93.2 Å². The average molecular weight is 1380 g/mol. The first-order chi connectivity index (χ1) is 45.9. The standard InChI is InChI=1S/C70H109N11O15S/c1-14-44(8)61(52(95-12)39-56(84)80-37-23-28-51(80)62(96-13)45(9)63(86)75-50(69(92)93)38-47-24-17-15-18-25-47)79(11)68(91)59(42(4)5)77-66(89)60(43(6)7)78(10)55(83)30-21-26-46-31-33-48(34-32-46)73-64(87)49(27-22-35-72-70(71)94)74-65(88)58(41(2)3)76-54(82)29-19-16-20-36-81-57(85)40-53(97)67(81)90/h15,17-18,24-25,31-34,41-45,49-53,58-62,97H,14,16,19-23,26-30,35-40H2,1-13H3,(H,73,87)(H,74,88)(H,75,86)(H,76,82)(H,77,89)(H,92,93)(H3,71,72,94)/t44-,45?,49-,50-,51?,52?,53?,58?,59-,60-,61-,62+/m0/s1. The van der Waals surface area contributed by atoms with Crippen molar-refractivity contribution in [1.82, 2.24) is 46.2 Å². The van der Waals surface area contributed by atoms with Gasteiger partial charge in [-0.15, -0.1) is 0 Å². The molecule has 2 saturated heterocycles. The summed E-state index contributed by atoms with van der Waals surface area (Å²) in [6, 6.07) is 8.86. The predicted octanol–water partition coefficient (Wildman–Crippen LogP) is 5.00. The van der Waals surface area contributed by atoms with Crippen LogP contribution in [0.2, 0.25) is 0 Å². The van der Waals surface area contributed by atoms with Gasteiger partial charge in [0, 0.05) is 79.3 Å². The number of nitrogens with one attached hydrogen (secondary N) is 6. The number of carbonyl (C=O) groups excluding carboxylic acids is 11. The first kappa shape index (κ1) is 81.8. The molecule has 4 rings (SSSR count). The van der Waals surface area contributed by atoms with Gasteiger partial charge in [-0.05, 0) is 98.3 Å². The van der Waals surface area contributed by atoms with Crippen LogP contribution in [-0.2, 0) is 75.1 Å². The number of carboxylic acids is 1. The summed E-state index contributed by atoms with van der Waals surface area (Å²) in [7, 11) is 6.16. The zero-order chi connectivity index (χ0) is 72.4. The zero-order valence-corrected chi connectivity index (χ0v) is 60.0. The number of aliphatic carboxylic acids is 1. The molecule has 0 aliphatic carbocycles. The smallest absolute Gasteiger partial charge is 0.326 e. The third-order valence-electron chi connectivity index (χ3n) is 18.5. The Hall–Kier alpha value is -7.65. The van der Waals surface area contributed by atoms with Crippen molar-refractivity contribution in [2.75, 3.05) is 53.3 Å². The lowest BCUT2D eigenvalue weighted by Crippen LogP contribution is -2.60. The number of benzene rings is 2. The largest absolute Gasteiger partial charge is 0.480 e. The zero-order valence-electron chi connectivity index (χ0n) is 59.1. The van der Waals surface area contributed by atoms with Crippen molar-refractivity contribution in [3.05, 3.63) is 65.7 Å². The first-order valence-corrected chi connectivity index (χ1v) is 34.7. The summed E-state index contributed by atoms with van der Waals surface area (Å²) < 4.78 is 12.0. The van der Waals surface area contributed by atoms with Gasteiger partial charge in [0.15, 0.2) is 0 Å². The van der Waals surface area contributed by atoms with Crippen molar-refractivity contribution < 1.29 is 72.1 Å². The van der Waals surface area contributed by atoms with Crippen LogP contribution in [0.1, 0.15) is 157 Å². The van der Waals surface area contributed by atoms with Gasteiger partial charge in [-0.1, -0.05) is 118 Å². The Labute approximate surface area is 577 Å². The van der Waals surface area contributed by atoms with Crippen LogP contribution < -0.4 is 37.6 Å². The highest BCUT2D eigenvalue weighted by atomic mass is 32.1. The molecule has 2 aromatic carbocycles. The molecule has 26 nitrogen and oxygen atoms in total. The second-order valence-electron chi connectivity index (χ2n) is 26.8. The van der Waals surface area contributed by atoms with Crippen LogP contribution in [0.3, 0.4) is 0 Å². The number of hydrogen-bond acceptors (Lipinski definition) is 15. The van der Waals surface area contributed by atoms with Gasteiger partial charge in [-0.25, -0.2) is 9.59 Å². The van der Waals surface area contributed by atoms with Crippen LogP contribution in [0.4, 0.5) is 10.5 Å². The van der Waals surface area contributed by atoms with Crippen molar-refractivity contribution in [2.45, 2.75) is 218 Å². The van der Waals surface area contributed by atoms with Gasteiger partial charge in [-0.2, -0.15) is 12.6 Å². The summed E-state index contributed by atoms with van der Waals surface area (Å²) in [5.74, 6) is -7.39. The summed E-state index contributed by atoms with van der Waals surface area (Å²) >= 11 is 4.15. The fourth-order valence-electron chi connectivity index (χ4n) is 12.8. The fraction of sp³-hybridized carbons (Fsp3) is 0.657. The Balaban J connectivity index is 1.35. The highest BCUT2D eigenvalue weighted by Gasteiger charge is 2.44. The van der Waals surface area contributed by atoms with E-state index in [0.717, 1.165) is 11.1 Å². The molecule has 12 amide bonds. The number of nitrogens with zero attached hydrogens (tertiary/aromatic N) is 4. The highest BCUT2D eigenvalue weighted by molar-refractivity contribution is 7.81. The number of methoxy groups -OCH3 is 2. The van der Waals surface area contributed by atoms with Crippen LogP contribution in [0, 0.1) is 29.6 Å². The number of carboxylic acid groups (broad SMARTS) is 1. The number of unbranched alkanes of at least 4 members (excludes halogenated alkanes) is 2. The number of likely N-dealkylation sites (tertiary alicyclic amines) is 2. The average Bonchev–Trinajstić information content (AvgIpc) is 1.80. The number of nitrogens with two attached hydrogens (primary N) is 1. The quantitative estimate of drug-likeness (QED) is 0.0240. The second-order valence-corrected chi connectivity index (χ2v) is 27.5. The Bertz CT molecular complexity index is 2970. The minimum absolute atomic E-state index is 0.0672. The van der Waals surface area contributed by atoms with Crippen LogP contribution in [0.5, 0.6) is 0 Å². The Morgan fingerprint density at radius 2 is 1.36 bits per heavy atom. The molecule has 0 bridgehead atoms. The number of amides is 12. The number of rotatable bonds is 41. The molecule has 0 radical (unpaired) electrons. The van der Waals surface area contributed by atoms with E-state index in [1.807, 2.05) is 47.6 Å². The van der Waals surface area contributed by atoms with Gasteiger partial charge in [-0.3, -0.25) is 52.8 Å². The van der Waals surface area contributed by atoms with Crippen molar-refractivity contribution in [1.29, 1.82) is 0 Å². The number of ether oxygens (including phenoxy) is 2. The van der Waals surface area contributed by atoms with E-state index in [4.69, 9.17) is 15.2 Å². The number of imide groups is 1. The van der Waals surface area contributed by atoms with E-state index in [2.05, 4.69) is 44.5 Å². The molecule has 2 aliphatic rings. The molecular weight excluding hydrogens is 1270 g/mol. The molecule has 2 aromatic rings. The molecule has 2 aliphatic heterocycles. The molecule has 9 N–H and O–H groups in total. The van der Waals surface area contributed by atoms with Crippen LogP contribution in [0.25, 0.3) is 0 Å². The third-order valence-corrected chi connectivity index (χ3v) is 19.0. The van der Waals surface area contributed by atoms with Crippen LogP contribution in [-0.4, -0.2) is 203 Å². The lowest BCUT2D eigenvalue weighted by molar-refractivity contribution is -0.149. The van der Waals surface area contributed by atoms with Crippen molar-refractivity contribution in [3.63, 3.8) is 0 Å². The van der Waals surface area contributed by atoms with Crippen molar-refractivity contribution >= 4 is 89.4 Å². The molecule has 27 heteroatoms. The van der Waals surface area contributed by atoms with E-state index in [9.17, 15) is 62.6 Å². The molecule has 0 saturated carbocycles. The minimum Gasteiger partial charge on any atom is -0.480 e. The summed E-state index contributed by atoms with van der Waals surface area (Å²) in [5.41, 5.74) is 7.27. The van der Waals surface area contributed by atoms with E-state index in [0.29, 0.717) is 63.6 Å². The number of primary amides is 1. The van der Waals surface area contributed by atoms with Gasteiger partial charge < -0.3 is 66.9 Å². The molecule has 0 spiro atoms. The van der Waals surface area contributed by atoms with Gasteiger partial charge in [0.25, 0.3) is 0 Å². The predicted molar refractivity (Wildman–Crippen MR) is 370 cm³/mol. The molecule has 540 valence electrons. The highest BCUT2D eigenvalue weighted by Crippen LogP contribution is 2.31. The third kappa shape index (κ3) is 24.7. The SMILES string of the molecule is CC[C@H](C)[C@@H](C(CC(=O)N1CCCC1[C@H](OC)C(C)C(=O)N[C@@H](Cc1ccccc1)C(=O)O)OC)N(C)C(=O)[C@@H](NC(=O)[C@H](C(C)C)N(C)C(=O)CCCc1ccc(NC(=O)[C@H](CCCNC(N)=O)NC(=O)C(NC(=O)CCCCCN2C(=O)CC(S)C2=O)C(C)C)cc1)C(C)C. The van der Waals surface area contributed by atoms with Crippen LogP contribution in [0.15, 0.2) is 54.6 Å². The molecule has 97 heavy (non-hydrogen) atoms. The van der Waals surface area contributed by atoms with Crippen molar-refractivity contribution in [3.8, 4) is 0 Å². The lowest BCUT2D eigenvalue weighted by Gasteiger charge is -2.41. The summed E-state index contributed by atoms with van der Waals surface area (Å²) in [4.78, 5) is 166. The van der Waals surface area contributed by atoms with E-state index in [1.165, 1.54) is 24.0 Å². The molecule has 2 heterocycles. The van der Waals surface area contributed by atoms with Crippen LogP contribution >= 0.6 is 12.6 Å². The normalized spacial score (nSPS) is 17.8. The number of aryl methyl sites for hydroxylation is 1. The number of urea groups is 1. The molecule has 2 fully saturated rings. The number of likely N-dealkylation sites (N-methyl/N-ethyl adjacent to an activating group) is 2. The van der Waals surface area contributed by atoms with E-state index < -0.39 is 113 Å². The Morgan fingerprint density at radius 1 is 0.711 bits per heavy atom. The number of thiol groups is 1. The van der Waals surface area contributed by atoms with Gasteiger partial charge in [0.05, 0.1) is 41.9 Å². The first-order valence-electron chi connectivity index (χ1n) is 34.2. The molecular formula is C70H109N11O15S. The van der Waals surface area contributed by atoms with E-state index in [-0.39, 0.29) is 105 Å². The maximum absolute atomic E-state index is 14.8. The number of anilines is 1. The fourth-order valence-corrected chi connectivity index (χ4v) is 13.1. The number of carbonyl (C=O) groups is 12. The van der Waals surface area contributed by atoms with Crippen molar-refractivity contribution in [2.24, 2.45) is 35.3 Å². The monoisotopic (exact) mass is 1380 g/mol. The Kier molecular flexibility index (Phi) is 34.0. The van der Waals surface area contributed by atoms with E-state index >= 15 is 0 Å². The minimum atomic E-state index is -1.19. The summed E-state index contributed by atoms with van der Waals surface area (Å²) in [6.45, 7) is 17.2. The maximum Gasteiger partial charge on any atom is 0.326 e. The maximum atomic E-state index is 14.8. The molecule has 12 atom stereocenters. The second kappa shape index (κ2) is 40.3. The Morgan fingerprint density at radius 3 is 1.93 bits per heavy atom. The lowest BCUT2D eigenvalue weighted by atomic mass is 9.89. The van der Waals surface area contributed by atoms with Gasteiger partial charge in [0.2, 0.25) is 59.1 Å². The van der Waals surface area contributed by atoms with Gasteiger partial charge >= 0.3 is 12.0 Å².